The maximum absolute atomic E-state index is 11.6. The minimum Gasteiger partial charge on any atom is -0.459 e. The van der Waals surface area contributed by atoms with E-state index in [2.05, 4.69) is 10.9 Å². The Kier molecular flexibility index (Phi) is 5.03. The molecule has 21 heavy (non-hydrogen) atoms. The van der Waals surface area contributed by atoms with Gasteiger partial charge in [0.1, 0.15) is 0 Å². The van der Waals surface area contributed by atoms with Crippen LogP contribution >= 0.6 is 23.2 Å². The molecule has 0 spiro atoms. The number of amides is 2. The van der Waals surface area contributed by atoms with Gasteiger partial charge in [0.25, 0.3) is 5.91 Å². The third-order valence-corrected chi connectivity index (χ3v) is 3.10. The summed E-state index contributed by atoms with van der Waals surface area (Å²) >= 11 is 11.9. The quantitative estimate of drug-likeness (QED) is 0.673. The van der Waals surface area contributed by atoms with E-state index in [1.165, 1.54) is 24.5 Å². The van der Waals surface area contributed by atoms with Crippen LogP contribution in [-0.4, -0.2) is 11.8 Å². The highest BCUT2D eigenvalue weighted by Crippen LogP contribution is 2.25. The van der Waals surface area contributed by atoms with Crippen LogP contribution in [0.3, 0.4) is 0 Å². The van der Waals surface area contributed by atoms with Gasteiger partial charge in [0.05, 0.1) is 6.26 Å². The van der Waals surface area contributed by atoms with Crippen molar-refractivity contribution < 1.29 is 14.0 Å². The normalized spacial score (nSPS) is 10.6. The lowest BCUT2D eigenvalue weighted by molar-refractivity contribution is -0.117. The van der Waals surface area contributed by atoms with Crippen molar-refractivity contribution in [3.05, 3.63) is 64.0 Å². The largest absolute Gasteiger partial charge is 0.459 e. The van der Waals surface area contributed by atoms with Crippen LogP contribution < -0.4 is 10.9 Å². The van der Waals surface area contributed by atoms with E-state index in [0.717, 1.165) is 0 Å². The lowest BCUT2D eigenvalue weighted by Gasteiger charge is -2.03. The van der Waals surface area contributed by atoms with Crippen LogP contribution in [0, 0.1) is 0 Å². The van der Waals surface area contributed by atoms with Crippen molar-refractivity contribution in [3.63, 3.8) is 0 Å². The Morgan fingerprint density at radius 2 is 1.76 bits per heavy atom. The number of carbonyl (C=O) groups is 2. The first-order chi connectivity index (χ1) is 10.1. The van der Waals surface area contributed by atoms with E-state index >= 15 is 0 Å². The van der Waals surface area contributed by atoms with Crippen LogP contribution in [0.1, 0.15) is 16.1 Å². The van der Waals surface area contributed by atoms with Gasteiger partial charge in [0, 0.05) is 21.7 Å². The average molecular weight is 325 g/mol. The number of benzene rings is 1. The van der Waals surface area contributed by atoms with Gasteiger partial charge in [0.15, 0.2) is 5.76 Å². The zero-order chi connectivity index (χ0) is 15.2. The molecule has 1 heterocycles. The number of rotatable bonds is 3. The first-order valence-electron chi connectivity index (χ1n) is 5.84. The second-order valence-electron chi connectivity index (χ2n) is 3.89. The molecular formula is C14H10Cl2N2O3. The Labute approximate surface area is 130 Å². The summed E-state index contributed by atoms with van der Waals surface area (Å²) in [6, 6.07) is 8.05. The minimum atomic E-state index is -0.558. The lowest BCUT2D eigenvalue weighted by Crippen LogP contribution is -2.40. The Hall–Kier alpha value is -2.24. The molecule has 0 aliphatic rings. The van der Waals surface area contributed by atoms with Crippen LogP contribution in [0.15, 0.2) is 47.1 Å². The van der Waals surface area contributed by atoms with Gasteiger partial charge in [-0.15, -0.1) is 0 Å². The lowest BCUT2D eigenvalue weighted by atomic mass is 10.2. The second-order valence-corrected chi connectivity index (χ2v) is 4.70. The molecule has 2 amide bonds. The number of furan rings is 1. The Balaban J connectivity index is 1.93. The van der Waals surface area contributed by atoms with Crippen LogP contribution in [0.4, 0.5) is 0 Å². The van der Waals surface area contributed by atoms with Crippen LogP contribution in [0.5, 0.6) is 0 Å². The maximum Gasteiger partial charge on any atom is 0.305 e. The summed E-state index contributed by atoms with van der Waals surface area (Å²) in [7, 11) is 0. The number of halogens is 2. The molecule has 0 saturated carbocycles. The van der Waals surface area contributed by atoms with E-state index in [1.807, 2.05) is 0 Å². The Morgan fingerprint density at radius 3 is 2.38 bits per heavy atom. The van der Waals surface area contributed by atoms with Crippen molar-refractivity contribution in [3.8, 4) is 0 Å². The molecule has 2 rings (SSSR count). The molecule has 0 aliphatic heterocycles. The van der Waals surface area contributed by atoms with Gasteiger partial charge in [-0.3, -0.25) is 20.4 Å². The molecule has 0 saturated heterocycles. The van der Waals surface area contributed by atoms with Gasteiger partial charge < -0.3 is 4.42 Å². The molecule has 1 aromatic carbocycles. The van der Waals surface area contributed by atoms with E-state index in [-0.39, 0.29) is 5.76 Å². The summed E-state index contributed by atoms with van der Waals surface area (Å²) in [4.78, 5) is 23.1. The summed E-state index contributed by atoms with van der Waals surface area (Å²) in [5.74, 6) is -1.00. The molecule has 7 heteroatoms. The Morgan fingerprint density at radius 1 is 1.05 bits per heavy atom. The predicted octanol–water partition coefficient (Wildman–Crippen LogP) is 3.06. The van der Waals surface area contributed by atoms with Crippen LogP contribution in [0.2, 0.25) is 10.0 Å². The molecule has 0 aliphatic carbocycles. The summed E-state index contributed by atoms with van der Waals surface area (Å²) in [6.45, 7) is 0. The van der Waals surface area contributed by atoms with Crippen molar-refractivity contribution in [2.24, 2.45) is 0 Å². The number of hydrazine groups is 1. The highest BCUT2D eigenvalue weighted by Gasteiger charge is 2.08. The molecule has 0 radical (unpaired) electrons. The van der Waals surface area contributed by atoms with Gasteiger partial charge in [0.2, 0.25) is 0 Å². The van der Waals surface area contributed by atoms with Gasteiger partial charge in [-0.25, -0.2) is 0 Å². The molecule has 2 N–H and O–H groups in total. The standard InChI is InChI=1S/C14H10Cl2N2O3/c15-10-3-1-4-11(16)9(10)6-7-13(19)17-18-14(20)12-5-2-8-21-12/h1-8H,(H,17,19)(H,18,20). The SMILES string of the molecule is O=C(C=Cc1c(Cl)cccc1Cl)NNC(=O)c1ccco1. The minimum absolute atomic E-state index is 0.0911. The number of hydrogen-bond donors (Lipinski definition) is 2. The van der Waals surface area contributed by atoms with Crippen molar-refractivity contribution in [1.29, 1.82) is 0 Å². The molecule has 5 nitrogen and oxygen atoms in total. The second kappa shape index (κ2) is 6.97. The summed E-state index contributed by atoms with van der Waals surface area (Å²) in [6.07, 6.45) is 4.02. The van der Waals surface area contributed by atoms with Crippen molar-refractivity contribution in [2.75, 3.05) is 0 Å². The van der Waals surface area contributed by atoms with Gasteiger partial charge in [-0.1, -0.05) is 29.3 Å². The van der Waals surface area contributed by atoms with E-state index in [9.17, 15) is 9.59 Å². The highest BCUT2D eigenvalue weighted by molar-refractivity contribution is 6.37. The third-order valence-electron chi connectivity index (χ3n) is 2.45. The predicted molar refractivity (Wildman–Crippen MR) is 79.8 cm³/mol. The van der Waals surface area contributed by atoms with Crippen molar-refractivity contribution >= 4 is 41.1 Å². The molecule has 2 aromatic rings. The topological polar surface area (TPSA) is 71.3 Å². The molecule has 1 aromatic heterocycles. The third kappa shape index (κ3) is 4.11. The van der Waals surface area contributed by atoms with Crippen molar-refractivity contribution in [1.82, 2.24) is 10.9 Å². The maximum atomic E-state index is 11.6. The van der Waals surface area contributed by atoms with Crippen molar-refractivity contribution in [2.45, 2.75) is 0 Å². The molecule has 0 bridgehead atoms. The number of carbonyl (C=O) groups excluding carboxylic acids is 2. The fraction of sp³-hybridized carbons (Fsp3) is 0. The Bertz CT molecular complexity index is 661. The fourth-order valence-electron chi connectivity index (χ4n) is 1.46. The molecule has 0 fully saturated rings. The zero-order valence-electron chi connectivity index (χ0n) is 10.6. The monoisotopic (exact) mass is 324 g/mol. The smallest absolute Gasteiger partial charge is 0.305 e. The molecule has 0 unspecified atom stereocenters. The number of nitrogens with one attached hydrogen (secondary N) is 2. The fourth-order valence-corrected chi connectivity index (χ4v) is 1.98. The van der Waals surface area contributed by atoms with E-state index in [1.54, 1.807) is 24.3 Å². The molecule has 108 valence electrons. The van der Waals surface area contributed by atoms with Gasteiger partial charge in [-0.2, -0.15) is 0 Å². The molecular weight excluding hydrogens is 315 g/mol. The first kappa shape index (κ1) is 15.2. The van der Waals surface area contributed by atoms with Crippen LogP contribution in [0.25, 0.3) is 6.08 Å². The summed E-state index contributed by atoms with van der Waals surface area (Å²) < 4.78 is 4.87. The van der Waals surface area contributed by atoms with E-state index < -0.39 is 11.8 Å². The summed E-state index contributed by atoms with van der Waals surface area (Å²) in [5.41, 5.74) is 4.93. The zero-order valence-corrected chi connectivity index (χ0v) is 12.1. The van der Waals surface area contributed by atoms with E-state index in [4.69, 9.17) is 27.6 Å². The van der Waals surface area contributed by atoms with Gasteiger partial charge >= 0.3 is 5.91 Å². The van der Waals surface area contributed by atoms with Gasteiger partial charge in [-0.05, 0) is 30.3 Å². The average Bonchev–Trinajstić information content (AvgIpc) is 2.98. The first-order valence-corrected chi connectivity index (χ1v) is 6.59. The number of hydrogen-bond acceptors (Lipinski definition) is 3. The van der Waals surface area contributed by atoms with E-state index in [0.29, 0.717) is 15.6 Å². The highest BCUT2D eigenvalue weighted by atomic mass is 35.5. The molecule has 0 atom stereocenters. The summed E-state index contributed by atoms with van der Waals surface area (Å²) in [5, 5.41) is 0.845. The van der Waals surface area contributed by atoms with Crippen LogP contribution in [-0.2, 0) is 4.79 Å².